The Hall–Kier alpha value is -6.91. The van der Waals surface area contributed by atoms with E-state index in [1.165, 1.54) is 16.5 Å². The number of furan rings is 1. The first kappa shape index (κ1) is 29.0. The lowest BCUT2D eigenvalue weighted by molar-refractivity contribution is 0.670. The van der Waals surface area contributed by atoms with Gasteiger partial charge in [0.1, 0.15) is 11.2 Å². The Bertz CT molecular complexity index is 2840. The van der Waals surface area contributed by atoms with Crippen molar-refractivity contribution in [2.45, 2.75) is 0 Å². The fraction of sp³-hybridized carbons (Fsp3) is 0. The summed E-state index contributed by atoms with van der Waals surface area (Å²) < 4.78 is 6.93. The number of fused-ring (bicyclic) bond motifs is 6. The van der Waals surface area contributed by atoms with Crippen molar-refractivity contribution in [1.82, 2.24) is 15.0 Å². The first-order valence-corrected chi connectivity index (χ1v) is 17.1. The molecule has 10 aromatic rings. The molecule has 0 unspecified atom stereocenters. The van der Waals surface area contributed by atoms with Crippen molar-refractivity contribution in [3.8, 4) is 56.4 Å². The molecule has 2 heterocycles. The second kappa shape index (κ2) is 11.9. The molecule has 10 rings (SSSR count). The molecule has 0 spiro atoms. The van der Waals surface area contributed by atoms with Crippen LogP contribution in [0.1, 0.15) is 0 Å². The topological polar surface area (TPSA) is 51.8 Å². The molecule has 0 aliphatic rings. The van der Waals surface area contributed by atoms with Gasteiger partial charge in [0, 0.05) is 33.0 Å². The van der Waals surface area contributed by atoms with Gasteiger partial charge >= 0.3 is 0 Å². The summed E-state index contributed by atoms with van der Waals surface area (Å²) in [6, 6.07) is 60.9. The zero-order valence-corrected chi connectivity index (χ0v) is 27.5. The van der Waals surface area contributed by atoms with Crippen LogP contribution in [0.4, 0.5) is 0 Å². The van der Waals surface area contributed by atoms with Crippen molar-refractivity contribution >= 4 is 43.5 Å². The molecular weight excluding hydrogens is 623 g/mol. The van der Waals surface area contributed by atoms with Crippen molar-refractivity contribution in [3.63, 3.8) is 0 Å². The largest absolute Gasteiger partial charge is 0.455 e. The van der Waals surface area contributed by atoms with E-state index < -0.39 is 0 Å². The number of nitrogens with zero attached hydrogens (tertiary/aromatic N) is 3. The zero-order valence-electron chi connectivity index (χ0n) is 27.5. The van der Waals surface area contributed by atoms with Crippen molar-refractivity contribution in [2.24, 2.45) is 0 Å². The summed E-state index contributed by atoms with van der Waals surface area (Å²) in [5, 5.41) is 6.66. The maximum absolute atomic E-state index is 6.93. The van der Waals surface area contributed by atoms with E-state index >= 15 is 0 Å². The van der Waals surface area contributed by atoms with E-state index in [2.05, 4.69) is 115 Å². The highest BCUT2D eigenvalue weighted by Gasteiger charge is 2.23. The molecule has 8 aromatic carbocycles. The molecule has 0 amide bonds. The number of hydrogen-bond acceptors (Lipinski definition) is 4. The molecule has 0 saturated heterocycles. The maximum Gasteiger partial charge on any atom is 0.164 e. The normalized spacial score (nSPS) is 11.5. The maximum atomic E-state index is 6.93. The summed E-state index contributed by atoms with van der Waals surface area (Å²) in [6.45, 7) is 0. The van der Waals surface area contributed by atoms with Gasteiger partial charge in [0.05, 0.1) is 0 Å². The second-order valence-corrected chi connectivity index (χ2v) is 12.7. The molecule has 0 saturated carbocycles. The number of aromatic nitrogens is 3. The molecule has 0 fully saturated rings. The molecule has 0 atom stereocenters. The molecule has 0 N–H and O–H groups in total. The quantitative estimate of drug-likeness (QED) is 0.186. The molecule has 0 bridgehead atoms. The first-order valence-electron chi connectivity index (χ1n) is 17.1. The van der Waals surface area contributed by atoms with Gasteiger partial charge in [-0.2, -0.15) is 0 Å². The summed E-state index contributed by atoms with van der Waals surface area (Å²) >= 11 is 0. The highest BCUT2D eigenvalue weighted by molar-refractivity contribution is 6.25. The minimum Gasteiger partial charge on any atom is -0.455 e. The van der Waals surface area contributed by atoms with Crippen LogP contribution in [-0.2, 0) is 0 Å². The van der Waals surface area contributed by atoms with Gasteiger partial charge < -0.3 is 4.42 Å². The summed E-state index contributed by atoms with van der Waals surface area (Å²) in [7, 11) is 0. The fourth-order valence-electron chi connectivity index (χ4n) is 7.37. The highest BCUT2D eigenvalue weighted by Crippen LogP contribution is 2.46. The Morgan fingerprint density at radius 2 is 0.804 bits per heavy atom. The third kappa shape index (κ3) is 4.88. The van der Waals surface area contributed by atoms with Gasteiger partial charge in [0.2, 0.25) is 0 Å². The van der Waals surface area contributed by atoms with Gasteiger partial charge in [-0.15, -0.1) is 0 Å². The average molecular weight is 652 g/mol. The van der Waals surface area contributed by atoms with E-state index in [-0.39, 0.29) is 0 Å². The lowest BCUT2D eigenvalue weighted by Crippen LogP contribution is -2.00. The molecule has 0 aliphatic carbocycles. The lowest BCUT2D eigenvalue weighted by atomic mass is 9.90. The van der Waals surface area contributed by atoms with Gasteiger partial charge in [-0.05, 0) is 56.4 Å². The van der Waals surface area contributed by atoms with Gasteiger partial charge in [0.15, 0.2) is 17.5 Å². The number of benzene rings is 8. The molecule has 0 aliphatic heterocycles. The molecular formula is C47H29N3O. The summed E-state index contributed by atoms with van der Waals surface area (Å²) in [6.07, 6.45) is 0. The Kier molecular flexibility index (Phi) is 6.78. The van der Waals surface area contributed by atoms with Crippen LogP contribution in [0.3, 0.4) is 0 Å². The summed E-state index contributed by atoms with van der Waals surface area (Å²) in [5.41, 5.74) is 8.90. The molecule has 4 heteroatoms. The van der Waals surface area contributed by atoms with E-state index in [1.807, 2.05) is 60.7 Å². The van der Waals surface area contributed by atoms with Crippen molar-refractivity contribution in [2.75, 3.05) is 0 Å². The minimum absolute atomic E-state index is 0.596. The van der Waals surface area contributed by atoms with Gasteiger partial charge in [-0.1, -0.05) is 158 Å². The Labute approximate surface area is 294 Å². The number of rotatable bonds is 5. The standard InChI is InChI=1S/C47H29N3O/c1-4-14-30(15-5-1)34-25-26-38(37-23-13-12-22-36(34)37)39-27-28-40(43-42-35-21-11-10-16-31(35)24-29-41(42)51-44(39)43)47-49-45(32-17-6-2-7-18-32)48-46(50-47)33-19-8-3-9-20-33/h1-29H. The van der Waals surface area contributed by atoms with Crippen LogP contribution in [0.15, 0.2) is 180 Å². The van der Waals surface area contributed by atoms with Crippen molar-refractivity contribution in [3.05, 3.63) is 176 Å². The fourth-order valence-corrected chi connectivity index (χ4v) is 7.37. The minimum atomic E-state index is 0.596. The van der Waals surface area contributed by atoms with Crippen molar-refractivity contribution < 1.29 is 4.42 Å². The summed E-state index contributed by atoms with van der Waals surface area (Å²) in [5.74, 6) is 1.84. The Morgan fingerprint density at radius 3 is 1.47 bits per heavy atom. The van der Waals surface area contributed by atoms with Crippen LogP contribution < -0.4 is 0 Å². The third-order valence-electron chi connectivity index (χ3n) is 9.75. The van der Waals surface area contributed by atoms with Crippen LogP contribution in [0.2, 0.25) is 0 Å². The van der Waals surface area contributed by atoms with Gasteiger partial charge in [-0.3, -0.25) is 0 Å². The van der Waals surface area contributed by atoms with E-state index in [1.54, 1.807) is 0 Å². The Morgan fingerprint density at radius 1 is 0.314 bits per heavy atom. The lowest BCUT2D eigenvalue weighted by Gasteiger charge is -2.14. The second-order valence-electron chi connectivity index (χ2n) is 12.7. The molecule has 51 heavy (non-hydrogen) atoms. The molecule has 238 valence electrons. The molecule has 4 nitrogen and oxygen atoms in total. The Balaban J connectivity index is 1.29. The van der Waals surface area contributed by atoms with E-state index in [4.69, 9.17) is 19.4 Å². The van der Waals surface area contributed by atoms with Crippen LogP contribution in [0, 0.1) is 0 Å². The first-order chi connectivity index (χ1) is 25.3. The highest BCUT2D eigenvalue weighted by atomic mass is 16.3. The molecule has 0 radical (unpaired) electrons. The van der Waals surface area contributed by atoms with E-state index in [0.717, 1.165) is 65.9 Å². The average Bonchev–Trinajstić information content (AvgIpc) is 3.62. The third-order valence-corrected chi connectivity index (χ3v) is 9.75. The van der Waals surface area contributed by atoms with Gasteiger partial charge in [0.25, 0.3) is 0 Å². The predicted molar refractivity (Wildman–Crippen MR) is 209 cm³/mol. The SMILES string of the molecule is c1ccc(-c2nc(-c3ccccc3)nc(-c3ccc(-c4ccc(-c5ccccc5)c5ccccc45)c4oc5ccc6ccccc6c5c34)n2)cc1. The monoisotopic (exact) mass is 651 g/mol. The van der Waals surface area contributed by atoms with Crippen molar-refractivity contribution in [1.29, 1.82) is 0 Å². The number of hydrogen-bond donors (Lipinski definition) is 0. The summed E-state index contributed by atoms with van der Waals surface area (Å²) in [4.78, 5) is 15.3. The van der Waals surface area contributed by atoms with Crippen LogP contribution in [0.5, 0.6) is 0 Å². The van der Waals surface area contributed by atoms with Crippen LogP contribution in [-0.4, -0.2) is 15.0 Å². The van der Waals surface area contributed by atoms with Crippen LogP contribution >= 0.6 is 0 Å². The van der Waals surface area contributed by atoms with E-state index in [0.29, 0.717) is 17.5 Å². The zero-order chi connectivity index (χ0) is 33.7. The van der Waals surface area contributed by atoms with Gasteiger partial charge in [-0.25, -0.2) is 15.0 Å². The van der Waals surface area contributed by atoms with E-state index in [9.17, 15) is 0 Å². The smallest absolute Gasteiger partial charge is 0.164 e. The predicted octanol–water partition coefficient (Wildman–Crippen LogP) is 12.4. The molecule has 2 aromatic heterocycles. The van der Waals surface area contributed by atoms with Crippen LogP contribution in [0.25, 0.3) is 99.9 Å².